The van der Waals surface area contributed by atoms with E-state index < -0.39 is 5.41 Å². The molecule has 26 heavy (non-hydrogen) atoms. The van der Waals surface area contributed by atoms with E-state index in [0.29, 0.717) is 45.6 Å². The molecule has 1 amide bonds. The van der Waals surface area contributed by atoms with Gasteiger partial charge in [-0.1, -0.05) is 0 Å². The number of amides is 1. The molecule has 6 nitrogen and oxygen atoms in total. The van der Waals surface area contributed by atoms with Gasteiger partial charge < -0.3 is 15.8 Å². The van der Waals surface area contributed by atoms with E-state index in [9.17, 15) is 9.18 Å². The molecule has 0 bridgehead atoms. The van der Waals surface area contributed by atoms with E-state index in [1.165, 1.54) is 12.1 Å². The van der Waals surface area contributed by atoms with Gasteiger partial charge in [-0.15, -0.1) is 12.4 Å². The Balaban J connectivity index is 0.00000243. The Bertz CT molecular complexity index is 714. The number of carbonyl (C=O) groups excluding carboxylic acids is 1. The van der Waals surface area contributed by atoms with Gasteiger partial charge >= 0.3 is 0 Å². The lowest BCUT2D eigenvalue weighted by Gasteiger charge is -2.34. The SMILES string of the molecule is Cl.NCC1(C(=O)NCCc2ccn(-c3ccc(F)cc3)n2)CCOCC1. The van der Waals surface area contributed by atoms with Gasteiger partial charge in [-0.05, 0) is 43.2 Å². The fourth-order valence-corrected chi connectivity index (χ4v) is 3.01. The van der Waals surface area contributed by atoms with Gasteiger partial charge in [0.05, 0.1) is 16.8 Å². The Morgan fingerprint density at radius 3 is 2.62 bits per heavy atom. The molecule has 3 N–H and O–H groups in total. The first kappa shape index (κ1) is 20.4. The van der Waals surface area contributed by atoms with Crippen LogP contribution in [0.2, 0.25) is 0 Å². The molecule has 0 atom stereocenters. The second kappa shape index (κ2) is 9.12. The molecule has 142 valence electrons. The Kier molecular flexibility index (Phi) is 7.14. The largest absolute Gasteiger partial charge is 0.381 e. The van der Waals surface area contributed by atoms with E-state index in [4.69, 9.17) is 10.5 Å². The van der Waals surface area contributed by atoms with E-state index in [1.54, 1.807) is 16.8 Å². The van der Waals surface area contributed by atoms with Crippen molar-refractivity contribution >= 4 is 18.3 Å². The van der Waals surface area contributed by atoms with Crippen LogP contribution in [0.3, 0.4) is 0 Å². The van der Waals surface area contributed by atoms with Crippen LogP contribution in [0.15, 0.2) is 36.5 Å². The van der Waals surface area contributed by atoms with Crippen LogP contribution in [0.4, 0.5) is 4.39 Å². The zero-order valence-corrected chi connectivity index (χ0v) is 15.3. The smallest absolute Gasteiger partial charge is 0.227 e. The van der Waals surface area contributed by atoms with Crippen LogP contribution in [-0.2, 0) is 16.0 Å². The van der Waals surface area contributed by atoms with Crippen molar-refractivity contribution in [2.45, 2.75) is 19.3 Å². The predicted molar refractivity (Wildman–Crippen MR) is 99.0 cm³/mol. The highest BCUT2D eigenvalue weighted by Gasteiger charge is 2.38. The number of nitrogens with one attached hydrogen (secondary N) is 1. The fourth-order valence-electron chi connectivity index (χ4n) is 3.01. The van der Waals surface area contributed by atoms with Crippen molar-refractivity contribution in [3.8, 4) is 5.69 Å². The molecule has 0 unspecified atom stereocenters. The van der Waals surface area contributed by atoms with Crippen LogP contribution in [0.1, 0.15) is 18.5 Å². The standard InChI is InChI=1S/C18H23FN4O2.ClH/c19-14-1-3-16(4-2-14)23-10-6-15(22-23)5-9-21-17(24)18(13-20)7-11-25-12-8-18;/h1-4,6,10H,5,7-9,11-13,20H2,(H,21,24);1H. The molecule has 1 aliphatic rings. The zero-order chi connectivity index (χ0) is 17.7. The van der Waals surface area contributed by atoms with E-state index in [2.05, 4.69) is 10.4 Å². The summed E-state index contributed by atoms with van der Waals surface area (Å²) in [7, 11) is 0. The first-order valence-corrected chi connectivity index (χ1v) is 8.50. The number of hydrogen-bond donors (Lipinski definition) is 2. The summed E-state index contributed by atoms with van der Waals surface area (Å²) in [6.07, 6.45) is 3.77. The molecule has 1 aromatic carbocycles. The number of carbonyl (C=O) groups is 1. The maximum Gasteiger partial charge on any atom is 0.227 e. The average Bonchev–Trinajstić information content (AvgIpc) is 3.11. The molecule has 2 aromatic rings. The molecule has 3 rings (SSSR count). The van der Waals surface area contributed by atoms with Crippen molar-refractivity contribution in [3.05, 3.63) is 48.0 Å². The summed E-state index contributed by atoms with van der Waals surface area (Å²) in [5.74, 6) is -0.281. The Morgan fingerprint density at radius 2 is 1.96 bits per heavy atom. The number of nitrogens with zero attached hydrogens (tertiary/aromatic N) is 2. The van der Waals surface area contributed by atoms with Crippen molar-refractivity contribution in [1.29, 1.82) is 0 Å². The van der Waals surface area contributed by atoms with Gasteiger partial charge in [-0.3, -0.25) is 4.79 Å². The number of ether oxygens (including phenoxy) is 1. The first-order chi connectivity index (χ1) is 12.1. The van der Waals surface area contributed by atoms with Crippen LogP contribution < -0.4 is 11.1 Å². The highest BCUT2D eigenvalue weighted by molar-refractivity contribution is 5.85. The van der Waals surface area contributed by atoms with Gasteiger partial charge in [0.1, 0.15) is 5.82 Å². The molecule has 0 saturated carbocycles. The summed E-state index contributed by atoms with van der Waals surface area (Å²) < 4.78 is 20.0. The van der Waals surface area contributed by atoms with Crippen LogP contribution in [-0.4, -0.2) is 42.0 Å². The van der Waals surface area contributed by atoms with Gasteiger partial charge in [-0.25, -0.2) is 9.07 Å². The normalized spacial score (nSPS) is 15.9. The number of aromatic nitrogens is 2. The number of halogens is 2. The molecule has 0 aliphatic carbocycles. The van der Waals surface area contributed by atoms with Crippen molar-refractivity contribution in [2.75, 3.05) is 26.3 Å². The molecular weight excluding hydrogens is 359 g/mol. The van der Waals surface area contributed by atoms with E-state index in [1.807, 2.05) is 12.3 Å². The summed E-state index contributed by atoms with van der Waals surface area (Å²) in [5.41, 5.74) is 6.99. The number of rotatable bonds is 6. The third-order valence-corrected chi connectivity index (χ3v) is 4.72. The summed E-state index contributed by atoms with van der Waals surface area (Å²) in [6, 6.07) is 8.03. The summed E-state index contributed by atoms with van der Waals surface area (Å²) in [4.78, 5) is 12.5. The minimum atomic E-state index is -0.508. The van der Waals surface area contributed by atoms with Crippen molar-refractivity contribution in [3.63, 3.8) is 0 Å². The Morgan fingerprint density at radius 1 is 1.27 bits per heavy atom. The Hall–Kier alpha value is -1.96. The van der Waals surface area contributed by atoms with E-state index in [0.717, 1.165) is 11.4 Å². The maximum absolute atomic E-state index is 13.0. The lowest BCUT2D eigenvalue weighted by molar-refractivity contribution is -0.135. The first-order valence-electron chi connectivity index (χ1n) is 8.50. The molecule has 1 fully saturated rings. The molecule has 2 heterocycles. The third kappa shape index (κ3) is 4.60. The highest BCUT2D eigenvalue weighted by atomic mass is 35.5. The number of benzene rings is 1. The number of hydrogen-bond acceptors (Lipinski definition) is 4. The lowest BCUT2D eigenvalue weighted by Crippen LogP contribution is -2.49. The molecule has 1 aliphatic heterocycles. The van der Waals surface area contributed by atoms with E-state index in [-0.39, 0.29) is 24.1 Å². The quantitative estimate of drug-likeness (QED) is 0.798. The van der Waals surface area contributed by atoms with E-state index >= 15 is 0 Å². The monoisotopic (exact) mass is 382 g/mol. The zero-order valence-electron chi connectivity index (χ0n) is 14.5. The highest BCUT2D eigenvalue weighted by Crippen LogP contribution is 2.29. The summed E-state index contributed by atoms with van der Waals surface area (Å²) in [6.45, 7) is 1.99. The van der Waals surface area contributed by atoms with Crippen LogP contribution >= 0.6 is 12.4 Å². The minimum absolute atomic E-state index is 0. The average molecular weight is 383 g/mol. The maximum atomic E-state index is 13.0. The number of nitrogens with two attached hydrogens (primary N) is 1. The van der Waals surface area contributed by atoms with Gasteiger partial charge in [0.25, 0.3) is 0 Å². The summed E-state index contributed by atoms with van der Waals surface area (Å²) in [5, 5.41) is 7.43. The molecule has 1 saturated heterocycles. The lowest BCUT2D eigenvalue weighted by atomic mass is 9.79. The van der Waals surface area contributed by atoms with Gasteiger partial charge in [0.2, 0.25) is 5.91 Å². The van der Waals surface area contributed by atoms with Gasteiger partial charge in [0, 0.05) is 38.9 Å². The van der Waals surface area contributed by atoms with Crippen LogP contribution in [0, 0.1) is 11.2 Å². The molecular formula is C18H24ClFN4O2. The van der Waals surface area contributed by atoms with Crippen molar-refractivity contribution in [1.82, 2.24) is 15.1 Å². The second-order valence-corrected chi connectivity index (χ2v) is 6.33. The topological polar surface area (TPSA) is 82.2 Å². The van der Waals surface area contributed by atoms with Crippen LogP contribution in [0.25, 0.3) is 5.69 Å². The van der Waals surface area contributed by atoms with Crippen molar-refractivity contribution < 1.29 is 13.9 Å². The molecule has 0 radical (unpaired) electrons. The fraction of sp³-hybridized carbons (Fsp3) is 0.444. The van der Waals surface area contributed by atoms with Crippen molar-refractivity contribution in [2.24, 2.45) is 11.1 Å². The minimum Gasteiger partial charge on any atom is -0.381 e. The predicted octanol–water partition coefficient (Wildman–Crippen LogP) is 1.85. The molecule has 8 heteroatoms. The van der Waals surface area contributed by atoms with Gasteiger partial charge in [0.15, 0.2) is 0 Å². The van der Waals surface area contributed by atoms with Gasteiger partial charge in [-0.2, -0.15) is 5.10 Å². The Labute approximate surface area is 158 Å². The third-order valence-electron chi connectivity index (χ3n) is 4.72. The summed E-state index contributed by atoms with van der Waals surface area (Å²) >= 11 is 0. The van der Waals surface area contributed by atoms with Crippen LogP contribution in [0.5, 0.6) is 0 Å². The second-order valence-electron chi connectivity index (χ2n) is 6.33. The molecule has 1 aromatic heterocycles. The molecule has 0 spiro atoms.